The average molecular weight is 256 g/mol. The summed E-state index contributed by atoms with van der Waals surface area (Å²) in [4.78, 5) is 16.1. The first-order chi connectivity index (χ1) is 8.77. The highest BCUT2D eigenvalue weighted by atomic mass is 16.2. The highest BCUT2D eigenvalue weighted by molar-refractivity contribution is 5.74. The van der Waals surface area contributed by atoms with E-state index in [9.17, 15) is 4.79 Å². The van der Waals surface area contributed by atoms with Gasteiger partial charge in [-0.1, -0.05) is 6.42 Å². The SMILES string of the molecule is CCNC(=O)N1CCCN(CCCCCN)CC1. The molecular formula is C13H28N4O. The van der Waals surface area contributed by atoms with E-state index in [0.29, 0.717) is 6.54 Å². The number of hydrogen-bond donors (Lipinski definition) is 2. The molecule has 1 aliphatic heterocycles. The van der Waals surface area contributed by atoms with Crippen molar-refractivity contribution in [3.63, 3.8) is 0 Å². The Labute approximate surface area is 111 Å². The van der Waals surface area contributed by atoms with Gasteiger partial charge >= 0.3 is 6.03 Å². The maximum absolute atomic E-state index is 11.7. The number of nitrogens with one attached hydrogen (secondary N) is 1. The van der Waals surface area contributed by atoms with Gasteiger partial charge in [0.2, 0.25) is 0 Å². The number of hydrogen-bond acceptors (Lipinski definition) is 3. The van der Waals surface area contributed by atoms with Crippen LogP contribution in [0.1, 0.15) is 32.6 Å². The standard InChI is InChI=1S/C13H28N4O/c1-2-15-13(18)17-10-6-9-16(11-12-17)8-5-3-4-7-14/h2-12,14H2,1H3,(H,15,18). The van der Waals surface area contributed by atoms with Crippen LogP contribution >= 0.6 is 0 Å². The van der Waals surface area contributed by atoms with Crippen molar-refractivity contribution in [2.45, 2.75) is 32.6 Å². The zero-order valence-corrected chi connectivity index (χ0v) is 11.7. The van der Waals surface area contributed by atoms with E-state index in [4.69, 9.17) is 5.73 Å². The number of carbonyl (C=O) groups excluding carboxylic acids is 1. The summed E-state index contributed by atoms with van der Waals surface area (Å²) in [6.07, 6.45) is 4.64. The Balaban J connectivity index is 2.21. The zero-order chi connectivity index (χ0) is 13.2. The van der Waals surface area contributed by atoms with Gasteiger partial charge in [-0.15, -0.1) is 0 Å². The van der Waals surface area contributed by atoms with Crippen molar-refractivity contribution in [2.75, 3.05) is 45.8 Å². The molecule has 0 aromatic rings. The molecule has 0 spiro atoms. The van der Waals surface area contributed by atoms with Crippen LogP contribution in [0.3, 0.4) is 0 Å². The Bertz CT molecular complexity index is 235. The minimum atomic E-state index is 0.0856. The third-order valence-corrected chi connectivity index (χ3v) is 3.38. The third kappa shape index (κ3) is 5.69. The average Bonchev–Trinajstić information content (AvgIpc) is 2.60. The summed E-state index contributed by atoms with van der Waals surface area (Å²) in [5.41, 5.74) is 5.49. The van der Waals surface area contributed by atoms with Crippen LogP contribution in [0.4, 0.5) is 4.79 Å². The molecule has 2 amide bonds. The van der Waals surface area contributed by atoms with Crippen molar-refractivity contribution in [1.29, 1.82) is 0 Å². The lowest BCUT2D eigenvalue weighted by molar-refractivity contribution is 0.198. The number of carbonyl (C=O) groups is 1. The second-order valence-corrected chi connectivity index (χ2v) is 4.87. The van der Waals surface area contributed by atoms with E-state index in [1.54, 1.807) is 0 Å². The van der Waals surface area contributed by atoms with Crippen molar-refractivity contribution in [3.8, 4) is 0 Å². The molecule has 0 aromatic carbocycles. The molecule has 0 saturated carbocycles. The monoisotopic (exact) mass is 256 g/mol. The summed E-state index contributed by atoms with van der Waals surface area (Å²) in [5.74, 6) is 0. The lowest BCUT2D eigenvalue weighted by Crippen LogP contribution is -2.42. The molecule has 1 aliphatic rings. The summed E-state index contributed by atoms with van der Waals surface area (Å²) in [7, 11) is 0. The highest BCUT2D eigenvalue weighted by Crippen LogP contribution is 2.05. The molecule has 0 aliphatic carbocycles. The van der Waals surface area contributed by atoms with Gasteiger partial charge in [-0.2, -0.15) is 0 Å². The van der Waals surface area contributed by atoms with E-state index in [2.05, 4.69) is 10.2 Å². The van der Waals surface area contributed by atoms with Gasteiger partial charge in [0.05, 0.1) is 0 Å². The van der Waals surface area contributed by atoms with Gasteiger partial charge in [-0.05, 0) is 45.8 Å². The topological polar surface area (TPSA) is 61.6 Å². The number of unbranched alkanes of at least 4 members (excludes halogenated alkanes) is 2. The van der Waals surface area contributed by atoms with Gasteiger partial charge in [0.1, 0.15) is 0 Å². The van der Waals surface area contributed by atoms with E-state index in [1.807, 2.05) is 11.8 Å². The normalized spacial score (nSPS) is 17.6. The molecular weight excluding hydrogens is 228 g/mol. The minimum Gasteiger partial charge on any atom is -0.338 e. The number of nitrogens with zero attached hydrogens (tertiary/aromatic N) is 2. The minimum absolute atomic E-state index is 0.0856. The van der Waals surface area contributed by atoms with Gasteiger partial charge in [0.25, 0.3) is 0 Å². The summed E-state index contributed by atoms with van der Waals surface area (Å²) in [6, 6.07) is 0.0856. The highest BCUT2D eigenvalue weighted by Gasteiger charge is 2.17. The molecule has 1 rings (SSSR count). The van der Waals surface area contributed by atoms with E-state index in [0.717, 1.165) is 52.1 Å². The first kappa shape index (κ1) is 15.2. The quantitative estimate of drug-likeness (QED) is 0.693. The molecule has 5 nitrogen and oxygen atoms in total. The van der Waals surface area contributed by atoms with Crippen molar-refractivity contribution in [1.82, 2.24) is 15.1 Å². The van der Waals surface area contributed by atoms with Crippen LogP contribution in [0, 0.1) is 0 Å². The van der Waals surface area contributed by atoms with Gasteiger partial charge in [-0.3, -0.25) is 0 Å². The molecule has 0 bridgehead atoms. The molecule has 0 unspecified atom stereocenters. The smallest absolute Gasteiger partial charge is 0.317 e. The van der Waals surface area contributed by atoms with Crippen LogP contribution in [0.15, 0.2) is 0 Å². The molecule has 0 radical (unpaired) electrons. The number of urea groups is 1. The van der Waals surface area contributed by atoms with Crippen molar-refractivity contribution in [2.24, 2.45) is 5.73 Å². The molecule has 1 heterocycles. The Hall–Kier alpha value is -0.810. The molecule has 106 valence electrons. The largest absolute Gasteiger partial charge is 0.338 e. The summed E-state index contributed by atoms with van der Waals surface area (Å²) >= 11 is 0. The Kier molecular flexibility index (Phi) is 7.76. The van der Waals surface area contributed by atoms with Crippen LogP contribution in [0.2, 0.25) is 0 Å². The molecule has 0 atom stereocenters. The molecule has 0 aromatic heterocycles. The fourth-order valence-corrected chi connectivity index (χ4v) is 2.32. The first-order valence-electron chi connectivity index (χ1n) is 7.23. The second-order valence-electron chi connectivity index (χ2n) is 4.87. The lowest BCUT2D eigenvalue weighted by atomic mass is 10.2. The van der Waals surface area contributed by atoms with E-state index < -0.39 is 0 Å². The Morgan fingerprint density at radius 2 is 2.00 bits per heavy atom. The molecule has 3 N–H and O–H groups in total. The van der Waals surface area contributed by atoms with Gasteiger partial charge in [0.15, 0.2) is 0 Å². The van der Waals surface area contributed by atoms with Crippen LogP contribution in [-0.4, -0.2) is 61.6 Å². The van der Waals surface area contributed by atoms with Crippen molar-refractivity contribution in [3.05, 3.63) is 0 Å². The van der Waals surface area contributed by atoms with Crippen molar-refractivity contribution >= 4 is 6.03 Å². The fraction of sp³-hybridized carbons (Fsp3) is 0.923. The molecule has 1 fully saturated rings. The zero-order valence-electron chi connectivity index (χ0n) is 11.7. The molecule has 1 saturated heterocycles. The Morgan fingerprint density at radius 1 is 1.17 bits per heavy atom. The summed E-state index contributed by atoms with van der Waals surface area (Å²) in [6.45, 7) is 8.44. The molecule has 18 heavy (non-hydrogen) atoms. The van der Waals surface area contributed by atoms with Gasteiger partial charge in [-0.25, -0.2) is 4.79 Å². The predicted molar refractivity (Wildman–Crippen MR) is 74.6 cm³/mol. The van der Waals surface area contributed by atoms with Crippen LogP contribution in [0.25, 0.3) is 0 Å². The van der Waals surface area contributed by atoms with E-state index in [-0.39, 0.29) is 6.03 Å². The second kappa shape index (κ2) is 9.16. The summed E-state index contributed by atoms with van der Waals surface area (Å²) < 4.78 is 0. The van der Waals surface area contributed by atoms with Crippen LogP contribution in [0.5, 0.6) is 0 Å². The van der Waals surface area contributed by atoms with Gasteiger partial charge in [0, 0.05) is 26.2 Å². The lowest BCUT2D eigenvalue weighted by Gasteiger charge is -2.22. The van der Waals surface area contributed by atoms with E-state index >= 15 is 0 Å². The number of rotatable bonds is 6. The van der Waals surface area contributed by atoms with Crippen LogP contribution in [-0.2, 0) is 0 Å². The van der Waals surface area contributed by atoms with Crippen LogP contribution < -0.4 is 11.1 Å². The van der Waals surface area contributed by atoms with E-state index in [1.165, 1.54) is 12.8 Å². The van der Waals surface area contributed by atoms with Gasteiger partial charge < -0.3 is 20.9 Å². The molecule has 5 heteroatoms. The maximum atomic E-state index is 11.7. The predicted octanol–water partition coefficient (Wildman–Crippen LogP) is 0.853. The fourth-order valence-electron chi connectivity index (χ4n) is 2.32. The van der Waals surface area contributed by atoms with Crippen molar-refractivity contribution < 1.29 is 4.79 Å². The maximum Gasteiger partial charge on any atom is 0.317 e. The third-order valence-electron chi connectivity index (χ3n) is 3.38. The first-order valence-corrected chi connectivity index (χ1v) is 7.23. The number of nitrogens with two attached hydrogens (primary N) is 1. The number of amides is 2. The Morgan fingerprint density at radius 3 is 2.72 bits per heavy atom. The summed E-state index contributed by atoms with van der Waals surface area (Å²) in [5, 5.41) is 2.87.